The van der Waals surface area contributed by atoms with E-state index in [0.29, 0.717) is 6.10 Å². The molecule has 1 aromatic rings. The number of thioether (sulfide) groups is 1. The van der Waals surface area contributed by atoms with E-state index in [9.17, 15) is 0 Å². The van der Waals surface area contributed by atoms with E-state index in [4.69, 9.17) is 4.74 Å². The maximum atomic E-state index is 5.69. The Balaban J connectivity index is 2.04. The molecule has 1 saturated heterocycles. The molecule has 1 fully saturated rings. The Morgan fingerprint density at radius 2 is 2.25 bits per heavy atom. The first-order valence-electron chi connectivity index (χ1n) is 7.67. The smallest absolute Gasteiger partial charge is 0.133 e. The van der Waals surface area contributed by atoms with Gasteiger partial charge >= 0.3 is 0 Å². The second-order valence-electron chi connectivity index (χ2n) is 5.13. The van der Waals surface area contributed by atoms with Gasteiger partial charge in [-0.05, 0) is 25.7 Å². The van der Waals surface area contributed by atoms with Gasteiger partial charge in [0.1, 0.15) is 17.2 Å². The van der Waals surface area contributed by atoms with Gasteiger partial charge in [0.15, 0.2) is 0 Å². The van der Waals surface area contributed by atoms with Gasteiger partial charge in [-0.3, -0.25) is 0 Å². The lowest BCUT2D eigenvalue weighted by atomic mass is 10.2. The van der Waals surface area contributed by atoms with Crippen LogP contribution in [0.5, 0.6) is 0 Å². The second kappa shape index (κ2) is 8.47. The normalized spacial score (nSPS) is 18.4. The number of rotatable bonds is 8. The molecule has 0 amide bonds. The molecule has 112 valence electrons. The maximum absolute atomic E-state index is 5.69. The van der Waals surface area contributed by atoms with Crippen LogP contribution in [0.15, 0.2) is 11.4 Å². The average Bonchev–Trinajstić information content (AvgIpc) is 2.98. The number of anilines is 1. The molecule has 0 saturated carbocycles. The highest BCUT2D eigenvalue weighted by Crippen LogP contribution is 2.28. The Morgan fingerprint density at radius 1 is 1.35 bits per heavy atom. The first-order chi connectivity index (χ1) is 9.85. The largest absolute Gasteiger partial charge is 0.377 e. The molecule has 0 radical (unpaired) electrons. The van der Waals surface area contributed by atoms with Crippen molar-refractivity contribution in [3.8, 4) is 0 Å². The van der Waals surface area contributed by atoms with Crippen molar-refractivity contribution in [3.63, 3.8) is 0 Å². The molecule has 0 spiro atoms. The Morgan fingerprint density at radius 3 is 2.95 bits per heavy atom. The van der Waals surface area contributed by atoms with E-state index in [1.165, 1.54) is 18.4 Å². The molecule has 1 N–H and O–H groups in total. The van der Waals surface area contributed by atoms with E-state index in [0.717, 1.165) is 49.0 Å². The molecule has 0 aliphatic carbocycles. The molecule has 4 nitrogen and oxygen atoms in total. The van der Waals surface area contributed by atoms with Crippen LogP contribution in [0.1, 0.15) is 45.1 Å². The van der Waals surface area contributed by atoms with Crippen molar-refractivity contribution in [1.29, 1.82) is 0 Å². The molecule has 2 rings (SSSR count). The molecule has 20 heavy (non-hydrogen) atoms. The lowest BCUT2D eigenvalue weighted by Gasteiger charge is -2.14. The van der Waals surface area contributed by atoms with Crippen molar-refractivity contribution in [2.24, 2.45) is 0 Å². The van der Waals surface area contributed by atoms with Crippen molar-refractivity contribution >= 4 is 17.6 Å². The highest BCUT2D eigenvalue weighted by atomic mass is 32.2. The minimum Gasteiger partial charge on any atom is -0.377 e. The molecular formula is C15H25N3OS. The van der Waals surface area contributed by atoms with Crippen LogP contribution in [-0.4, -0.2) is 35.0 Å². The summed E-state index contributed by atoms with van der Waals surface area (Å²) in [5.74, 6) is 2.01. The fourth-order valence-corrected chi connectivity index (χ4v) is 3.44. The monoisotopic (exact) mass is 295 g/mol. The van der Waals surface area contributed by atoms with Crippen LogP contribution in [0.2, 0.25) is 0 Å². The molecule has 2 heterocycles. The Bertz CT molecular complexity index is 408. The van der Waals surface area contributed by atoms with Gasteiger partial charge in [-0.15, -0.1) is 11.8 Å². The first-order valence-corrected chi connectivity index (χ1v) is 8.65. The molecule has 1 aromatic heterocycles. The zero-order valence-corrected chi connectivity index (χ0v) is 13.3. The predicted octanol–water partition coefficient (Wildman–Crippen LogP) is 3.52. The van der Waals surface area contributed by atoms with E-state index in [2.05, 4.69) is 29.1 Å². The zero-order valence-electron chi connectivity index (χ0n) is 12.5. The summed E-state index contributed by atoms with van der Waals surface area (Å²) >= 11 is 1.82. The Hall–Kier alpha value is -0.810. The van der Waals surface area contributed by atoms with Gasteiger partial charge in [-0.25, -0.2) is 9.97 Å². The van der Waals surface area contributed by atoms with E-state index in [-0.39, 0.29) is 0 Å². The van der Waals surface area contributed by atoms with Crippen LogP contribution in [-0.2, 0) is 11.2 Å². The van der Waals surface area contributed by atoms with Crippen molar-refractivity contribution in [3.05, 3.63) is 11.9 Å². The first kappa shape index (κ1) is 15.6. The van der Waals surface area contributed by atoms with Gasteiger partial charge in [-0.1, -0.05) is 20.3 Å². The Kier molecular flexibility index (Phi) is 6.60. The molecule has 1 unspecified atom stereocenters. The third kappa shape index (κ3) is 4.35. The van der Waals surface area contributed by atoms with Crippen molar-refractivity contribution < 1.29 is 4.74 Å². The summed E-state index contributed by atoms with van der Waals surface area (Å²) in [4.78, 5) is 8.89. The fourth-order valence-electron chi connectivity index (χ4n) is 2.34. The van der Waals surface area contributed by atoms with E-state index in [1.54, 1.807) is 6.33 Å². The summed E-state index contributed by atoms with van der Waals surface area (Å²) in [5, 5.41) is 4.54. The second-order valence-corrected chi connectivity index (χ2v) is 6.14. The number of hydrogen-bond acceptors (Lipinski definition) is 5. The summed E-state index contributed by atoms with van der Waals surface area (Å²) in [7, 11) is 0. The molecule has 5 heteroatoms. The molecule has 0 bridgehead atoms. The summed E-state index contributed by atoms with van der Waals surface area (Å²) in [6.45, 7) is 6.25. The number of aromatic nitrogens is 2. The molecule has 1 aliphatic rings. The Labute approximate surface area is 126 Å². The van der Waals surface area contributed by atoms with E-state index >= 15 is 0 Å². The highest BCUT2D eigenvalue weighted by molar-refractivity contribution is 7.99. The predicted molar refractivity (Wildman–Crippen MR) is 84.5 cm³/mol. The number of nitrogens with one attached hydrogen (secondary N) is 1. The maximum Gasteiger partial charge on any atom is 0.133 e. The summed E-state index contributed by atoms with van der Waals surface area (Å²) in [5.41, 5.74) is 1.27. The lowest BCUT2D eigenvalue weighted by molar-refractivity contribution is 0.129. The lowest BCUT2D eigenvalue weighted by Crippen LogP contribution is -2.10. The fraction of sp³-hybridized carbons (Fsp3) is 0.733. The van der Waals surface area contributed by atoms with Gasteiger partial charge in [-0.2, -0.15) is 0 Å². The minimum absolute atomic E-state index is 0.400. The van der Waals surface area contributed by atoms with Crippen molar-refractivity contribution in [1.82, 2.24) is 9.97 Å². The SMILES string of the molecule is CCCNc1ncnc(SCC2CCCO2)c1CCC. The summed E-state index contributed by atoms with van der Waals surface area (Å²) in [6.07, 6.45) is 7.70. The summed E-state index contributed by atoms with van der Waals surface area (Å²) in [6, 6.07) is 0. The number of nitrogens with zero attached hydrogens (tertiary/aromatic N) is 2. The molecule has 0 aromatic carbocycles. The van der Waals surface area contributed by atoms with Crippen LogP contribution in [0.3, 0.4) is 0 Å². The average molecular weight is 295 g/mol. The minimum atomic E-state index is 0.400. The third-order valence-electron chi connectivity index (χ3n) is 3.38. The van der Waals surface area contributed by atoms with Crippen LogP contribution < -0.4 is 5.32 Å². The number of ether oxygens (including phenoxy) is 1. The van der Waals surface area contributed by atoms with Gasteiger partial charge in [0, 0.05) is 24.5 Å². The van der Waals surface area contributed by atoms with Crippen LogP contribution in [0, 0.1) is 0 Å². The molecule has 1 atom stereocenters. The molecule has 1 aliphatic heterocycles. The quantitative estimate of drug-likeness (QED) is 0.587. The van der Waals surface area contributed by atoms with Crippen LogP contribution in [0.4, 0.5) is 5.82 Å². The van der Waals surface area contributed by atoms with E-state index in [1.807, 2.05) is 11.8 Å². The third-order valence-corrected chi connectivity index (χ3v) is 4.54. The molecular weight excluding hydrogens is 270 g/mol. The zero-order chi connectivity index (χ0) is 14.2. The number of hydrogen-bond donors (Lipinski definition) is 1. The highest BCUT2D eigenvalue weighted by Gasteiger charge is 2.18. The van der Waals surface area contributed by atoms with Gasteiger partial charge in [0.05, 0.1) is 6.10 Å². The van der Waals surface area contributed by atoms with Crippen molar-refractivity contribution in [2.75, 3.05) is 24.2 Å². The standard InChI is InChI=1S/C15H25N3OS/c1-3-6-13-14(16-8-4-2)17-11-18-15(13)20-10-12-7-5-9-19-12/h11-12H,3-10H2,1-2H3,(H,16,17,18). The van der Waals surface area contributed by atoms with Crippen molar-refractivity contribution in [2.45, 2.75) is 57.1 Å². The van der Waals surface area contributed by atoms with Gasteiger partial charge in [0.2, 0.25) is 0 Å². The summed E-state index contributed by atoms with van der Waals surface area (Å²) < 4.78 is 5.69. The van der Waals surface area contributed by atoms with Crippen LogP contribution in [0.25, 0.3) is 0 Å². The van der Waals surface area contributed by atoms with Gasteiger partial charge < -0.3 is 10.1 Å². The van der Waals surface area contributed by atoms with Crippen LogP contribution >= 0.6 is 11.8 Å². The van der Waals surface area contributed by atoms with E-state index < -0.39 is 0 Å². The topological polar surface area (TPSA) is 47.0 Å². The van der Waals surface area contributed by atoms with Gasteiger partial charge in [0.25, 0.3) is 0 Å².